The summed E-state index contributed by atoms with van der Waals surface area (Å²) < 4.78 is 27.1. The van der Waals surface area contributed by atoms with Gasteiger partial charge < -0.3 is 29.0 Å². The van der Waals surface area contributed by atoms with Crippen LogP contribution < -0.4 is 19.5 Å². The fraction of sp³-hybridized carbons (Fsp3) is 0.286. The van der Waals surface area contributed by atoms with Crippen molar-refractivity contribution in [3.63, 3.8) is 0 Å². The molecule has 0 unspecified atom stereocenters. The molecular formula is C35H35NO8. The highest BCUT2D eigenvalue weighted by atomic mass is 16.6. The second-order valence-electron chi connectivity index (χ2n) is 10.5. The van der Waals surface area contributed by atoms with Crippen molar-refractivity contribution < 1.29 is 38.1 Å². The van der Waals surface area contributed by atoms with E-state index in [0.717, 1.165) is 11.3 Å². The van der Waals surface area contributed by atoms with E-state index in [1.807, 2.05) is 48.5 Å². The van der Waals surface area contributed by atoms with Gasteiger partial charge in [-0.3, -0.25) is 4.79 Å². The minimum absolute atomic E-state index is 0.0275. The first-order valence-electron chi connectivity index (χ1n) is 14.3. The summed E-state index contributed by atoms with van der Waals surface area (Å²) in [5, 5.41) is 3.36. The maximum atomic E-state index is 14.0. The molecule has 9 nitrogen and oxygen atoms in total. The molecule has 44 heavy (non-hydrogen) atoms. The quantitative estimate of drug-likeness (QED) is 0.240. The Labute approximate surface area is 256 Å². The molecule has 3 aromatic rings. The predicted molar refractivity (Wildman–Crippen MR) is 163 cm³/mol. The van der Waals surface area contributed by atoms with Crippen LogP contribution in [0.5, 0.6) is 17.2 Å². The van der Waals surface area contributed by atoms with Crippen LogP contribution in [0, 0.1) is 0 Å². The fourth-order valence-electron chi connectivity index (χ4n) is 5.80. The lowest BCUT2D eigenvalue weighted by molar-refractivity contribution is -0.140. The molecule has 0 bridgehead atoms. The number of ether oxygens (including phenoxy) is 5. The number of rotatable bonds is 10. The number of para-hydroxylation sites is 1. The van der Waals surface area contributed by atoms with Crippen molar-refractivity contribution in [3.8, 4) is 17.2 Å². The van der Waals surface area contributed by atoms with Gasteiger partial charge in [0, 0.05) is 29.3 Å². The number of dihydropyridines is 1. The zero-order valence-corrected chi connectivity index (χ0v) is 25.2. The number of nitrogens with one attached hydrogen (secondary N) is 1. The van der Waals surface area contributed by atoms with Crippen molar-refractivity contribution in [3.05, 3.63) is 112 Å². The smallest absolute Gasteiger partial charge is 0.337 e. The molecule has 0 amide bonds. The molecular weight excluding hydrogens is 562 g/mol. The summed E-state index contributed by atoms with van der Waals surface area (Å²) in [6, 6.07) is 21.7. The number of benzene rings is 3. The zero-order valence-electron chi connectivity index (χ0n) is 25.2. The van der Waals surface area contributed by atoms with Crippen LogP contribution >= 0.6 is 0 Å². The van der Waals surface area contributed by atoms with E-state index >= 15 is 0 Å². The predicted octanol–water partition coefficient (Wildman–Crippen LogP) is 5.47. The fourth-order valence-corrected chi connectivity index (χ4v) is 5.80. The molecule has 1 N–H and O–H groups in total. The molecule has 0 radical (unpaired) electrons. The van der Waals surface area contributed by atoms with Gasteiger partial charge in [-0.1, -0.05) is 36.4 Å². The Balaban J connectivity index is 1.45. The van der Waals surface area contributed by atoms with E-state index in [1.165, 1.54) is 7.11 Å². The first kappa shape index (κ1) is 30.4. The number of hydrogen-bond acceptors (Lipinski definition) is 9. The van der Waals surface area contributed by atoms with Gasteiger partial charge in [-0.15, -0.1) is 0 Å². The molecule has 228 valence electrons. The molecule has 0 saturated heterocycles. The number of allylic oxidation sites excluding steroid dienone is 3. The first-order chi connectivity index (χ1) is 21.3. The highest BCUT2D eigenvalue weighted by Crippen LogP contribution is 2.46. The third kappa shape index (κ3) is 6.32. The number of hydrogen-bond donors (Lipinski definition) is 1. The first-order valence-corrected chi connectivity index (χ1v) is 14.3. The van der Waals surface area contributed by atoms with Gasteiger partial charge in [0.2, 0.25) is 0 Å². The van der Waals surface area contributed by atoms with Crippen LogP contribution in [0.25, 0.3) is 0 Å². The molecule has 2 atom stereocenters. The SMILES string of the molecule is COC(=O)c1ccc([C@H]2C(C(=O)OCCOc3ccccc3)=C(C)NC3=C2C(=O)C[C@H](c2ccc(OC)c(OC)c2)C3)cc1. The number of carbonyl (C=O) groups excluding carboxylic acids is 3. The van der Waals surface area contributed by atoms with E-state index in [0.29, 0.717) is 51.6 Å². The van der Waals surface area contributed by atoms with E-state index in [-0.39, 0.29) is 31.3 Å². The Bertz CT molecular complexity index is 1610. The van der Waals surface area contributed by atoms with Crippen molar-refractivity contribution in [1.29, 1.82) is 0 Å². The second-order valence-corrected chi connectivity index (χ2v) is 10.5. The summed E-state index contributed by atoms with van der Waals surface area (Å²) >= 11 is 0. The number of carbonyl (C=O) groups is 3. The Morgan fingerprint density at radius 1 is 0.818 bits per heavy atom. The molecule has 3 aromatic carbocycles. The van der Waals surface area contributed by atoms with Gasteiger partial charge >= 0.3 is 11.9 Å². The Hall–Kier alpha value is -5.05. The van der Waals surface area contributed by atoms with E-state index in [1.54, 1.807) is 45.4 Å². The molecule has 2 aliphatic rings. The Morgan fingerprint density at radius 3 is 2.20 bits per heavy atom. The van der Waals surface area contributed by atoms with E-state index in [2.05, 4.69) is 5.32 Å². The molecule has 1 aliphatic heterocycles. The van der Waals surface area contributed by atoms with Gasteiger partial charge in [-0.25, -0.2) is 9.59 Å². The molecule has 0 fully saturated rings. The van der Waals surface area contributed by atoms with Crippen LogP contribution in [0.2, 0.25) is 0 Å². The summed E-state index contributed by atoms with van der Waals surface area (Å²) in [4.78, 5) is 39.7. The summed E-state index contributed by atoms with van der Waals surface area (Å²) in [5.74, 6) is -0.00512. The monoisotopic (exact) mass is 597 g/mol. The summed E-state index contributed by atoms with van der Waals surface area (Å²) in [6.07, 6.45) is 0.802. The van der Waals surface area contributed by atoms with Crippen molar-refractivity contribution in [1.82, 2.24) is 5.32 Å². The second kappa shape index (κ2) is 13.5. The average Bonchev–Trinajstić information content (AvgIpc) is 3.05. The van der Waals surface area contributed by atoms with Crippen LogP contribution in [0.4, 0.5) is 0 Å². The van der Waals surface area contributed by atoms with E-state index in [9.17, 15) is 14.4 Å². The lowest BCUT2D eigenvalue weighted by Gasteiger charge is -2.36. The lowest BCUT2D eigenvalue weighted by Crippen LogP contribution is -2.36. The minimum Gasteiger partial charge on any atom is -0.493 e. The largest absolute Gasteiger partial charge is 0.493 e. The van der Waals surface area contributed by atoms with Gasteiger partial charge in [-0.2, -0.15) is 0 Å². The van der Waals surface area contributed by atoms with Gasteiger partial charge in [0.15, 0.2) is 17.3 Å². The molecule has 0 saturated carbocycles. The number of esters is 2. The third-order valence-corrected chi connectivity index (χ3v) is 7.92. The highest BCUT2D eigenvalue weighted by molar-refractivity contribution is 6.04. The summed E-state index contributed by atoms with van der Waals surface area (Å²) in [5.41, 5.74) is 4.22. The number of methoxy groups -OCH3 is 3. The zero-order chi connectivity index (χ0) is 31.2. The maximum absolute atomic E-state index is 14.0. The molecule has 5 rings (SSSR count). The average molecular weight is 598 g/mol. The van der Waals surface area contributed by atoms with Gasteiger partial charge in [-0.05, 0) is 66.8 Å². The van der Waals surface area contributed by atoms with E-state index < -0.39 is 17.9 Å². The Kier molecular flexibility index (Phi) is 9.33. The third-order valence-electron chi connectivity index (χ3n) is 7.92. The van der Waals surface area contributed by atoms with Crippen molar-refractivity contribution in [2.45, 2.75) is 31.6 Å². The summed E-state index contributed by atoms with van der Waals surface area (Å²) in [6.45, 7) is 2.01. The van der Waals surface area contributed by atoms with Gasteiger partial charge in [0.1, 0.15) is 19.0 Å². The number of ketones is 1. The van der Waals surface area contributed by atoms with Crippen molar-refractivity contribution >= 4 is 17.7 Å². The summed E-state index contributed by atoms with van der Waals surface area (Å²) in [7, 11) is 4.48. The van der Waals surface area contributed by atoms with Gasteiger partial charge in [0.25, 0.3) is 0 Å². The normalized spacial score (nSPS) is 17.8. The molecule has 0 aromatic heterocycles. The molecule has 0 spiro atoms. The van der Waals surface area contributed by atoms with Crippen molar-refractivity contribution in [2.24, 2.45) is 0 Å². The lowest BCUT2D eigenvalue weighted by atomic mass is 9.71. The molecule has 9 heteroatoms. The van der Waals surface area contributed by atoms with Crippen LogP contribution in [-0.4, -0.2) is 52.3 Å². The molecule has 1 heterocycles. The van der Waals surface area contributed by atoms with Crippen LogP contribution in [-0.2, 0) is 19.1 Å². The van der Waals surface area contributed by atoms with Gasteiger partial charge in [0.05, 0.1) is 32.5 Å². The maximum Gasteiger partial charge on any atom is 0.337 e. The number of Topliss-reactive ketones (excluding diaryl/α,β-unsaturated/α-hetero) is 1. The highest BCUT2D eigenvalue weighted by Gasteiger charge is 2.41. The van der Waals surface area contributed by atoms with Crippen LogP contribution in [0.15, 0.2) is 95.3 Å². The van der Waals surface area contributed by atoms with Crippen LogP contribution in [0.3, 0.4) is 0 Å². The molecule has 1 aliphatic carbocycles. The topological polar surface area (TPSA) is 109 Å². The Morgan fingerprint density at radius 2 is 1.52 bits per heavy atom. The van der Waals surface area contributed by atoms with E-state index in [4.69, 9.17) is 23.7 Å². The minimum atomic E-state index is -0.681. The van der Waals surface area contributed by atoms with Crippen LogP contribution in [0.1, 0.15) is 53.1 Å². The van der Waals surface area contributed by atoms with Crippen molar-refractivity contribution in [2.75, 3.05) is 34.5 Å². The standard InChI is InChI=1S/C35H35NO8/c1-21-31(35(39)44-17-16-43-26-8-6-5-7-9-26)32(22-10-12-23(13-11-22)34(38)42-4)33-27(36-21)18-25(19-28(33)37)24-14-15-29(40-2)30(20-24)41-3/h5-15,20,25,32,36H,16-19H2,1-4H3/t25-,32+/m1/s1.